The van der Waals surface area contributed by atoms with Crippen molar-refractivity contribution in [3.8, 4) is 0 Å². The van der Waals surface area contributed by atoms with E-state index in [4.69, 9.17) is 0 Å². The van der Waals surface area contributed by atoms with Crippen molar-refractivity contribution < 1.29 is 4.79 Å². The van der Waals surface area contributed by atoms with Crippen LogP contribution in [0.3, 0.4) is 0 Å². The predicted molar refractivity (Wildman–Crippen MR) is 102 cm³/mol. The minimum absolute atomic E-state index is 0.108. The van der Waals surface area contributed by atoms with Gasteiger partial charge in [0.25, 0.3) is 0 Å². The van der Waals surface area contributed by atoms with Gasteiger partial charge in [-0.3, -0.25) is 9.48 Å². The summed E-state index contributed by atoms with van der Waals surface area (Å²) in [6.45, 7) is 7.23. The lowest BCUT2D eigenvalue weighted by Crippen LogP contribution is -2.29. The number of hydrogen-bond donors (Lipinski definition) is 1. The molecular formula is C20H31N5O. The molecule has 26 heavy (non-hydrogen) atoms. The molecule has 1 aliphatic heterocycles. The Morgan fingerprint density at radius 2 is 2.15 bits per heavy atom. The van der Waals surface area contributed by atoms with Crippen molar-refractivity contribution in [1.29, 1.82) is 0 Å². The van der Waals surface area contributed by atoms with Gasteiger partial charge >= 0.3 is 0 Å². The van der Waals surface area contributed by atoms with Crippen LogP contribution in [0.25, 0.3) is 0 Å². The molecular weight excluding hydrogens is 326 g/mol. The first-order valence-corrected chi connectivity index (χ1v) is 9.54. The molecule has 0 unspecified atom stereocenters. The third-order valence-electron chi connectivity index (χ3n) is 5.34. The van der Waals surface area contributed by atoms with E-state index in [-0.39, 0.29) is 17.9 Å². The van der Waals surface area contributed by atoms with E-state index in [0.717, 1.165) is 25.2 Å². The predicted octanol–water partition coefficient (Wildman–Crippen LogP) is 2.58. The molecule has 6 heteroatoms. The molecule has 1 N–H and O–H groups in total. The first kappa shape index (κ1) is 18.7. The molecule has 0 saturated carbocycles. The Kier molecular flexibility index (Phi) is 5.81. The largest absolute Gasteiger partial charge is 0.350 e. The fraction of sp³-hybridized carbons (Fsp3) is 0.600. The number of rotatable bonds is 8. The third-order valence-corrected chi connectivity index (χ3v) is 5.34. The van der Waals surface area contributed by atoms with Gasteiger partial charge in [0.1, 0.15) is 0 Å². The van der Waals surface area contributed by atoms with Crippen molar-refractivity contribution in [2.24, 2.45) is 18.9 Å². The maximum atomic E-state index is 12.2. The zero-order valence-electron chi connectivity index (χ0n) is 16.4. The molecule has 2 aromatic rings. The zero-order valence-corrected chi connectivity index (χ0v) is 16.4. The number of nitrogens with one attached hydrogen (secondary N) is 1. The third kappa shape index (κ3) is 4.18. The molecule has 2 aromatic heterocycles. The van der Waals surface area contributed by atoms with Gasteiger partial charge in [-0.15, -0.1) is 0 Å². The van der Waals surface area contributed by atoms with E-state index < -0.39 is 0 Å². The van der Waals surface area contributed by atoms with Gasteiger partial charge in [0.15, 0.2) is 0 Å². The van der Waals surface area contributed by atoms with Crippen molar-refractivity contribution in [3.63, 3.8) is 0 Å². The fourth-order valence-electron chi connectivity index (χ4n) is 3.83. The second-order valence-electron chi connectivity index (χ2n) is 7.87. The van der Waals surface area contributed by atoms with Crippen molar-refractivity contribution in [1.82, 2.24) is 24.6 Å². The topological polar surface area (TPSA) is 55.1 Å². The Labute approximate surface area is 156 Å². The Balaban J connectivity index is 1.59. The number of likely N-dealkylation sites (tertiary alicyclic amines) is 1. The highest BCUT2D eigenvalue weighted by Crippen LogP contribution is 2.36. The number of aromatic nitrogens is 3. The normalized spacial score (nSPS) is 20.5. The lowest BCUT2D eigenvalue weighted by Gasteiger charge is -2.24. The molecule has 6 nitrogen and oxygen atoms in total. The maximum absolute atomic E-state index is 12.2. The van der Waals surface area contributed by atoms with E-state index in [1.54, 1.807) is 4.68 Å². The van der Waals surface area contributed by atoms with Gasteiger partial charge in [0.2, 0.25) is 5.91 Å². The molecule has 1 amide bonds. The van der Waals surface area contributed by atoms with E-state index in [0.29, 0.717) is 12.3 Å². The quantitative estimate of drug-likeness (QED) is 0.790. The van der Waals surface area contributed by atoms with Gasteiger partial charge in [-0.2, -0.15) is 5.10 Å². The fourth-order valence-corrected chi connectivity index (χ4v) is 3.83. The van der Waals surface area contributed by atoms with Crippen molar-refractivity contribution in [2.75, 3.05) is 13.6 Å². The first-order valence-electron chi connectivity index (χ1n) is 9.54. The first-order chi connectivity index (χ1) is 12.5. The van der Waals surface area contributed by atoms with Crippen LogP contribution in [0.1, 0.15) is 44.0 Å². The number of nitrogens with zero attached hydrogens (tertiary/aromatic N) is 4. The second-order valence-corrected chi connectivity index (χ2v) is 7.87. The summed E-state index contributed by atoms with van der Waals surface area (Å²) < 4.78 is 4.13. The molecule has 0 bridgehead atoms. The molecule has 1 saturated heterocycles. The molecule has 0 aliphatic carbocycles. The van der Waals surface area contributed by atoms with Gasteiger partial charge in [0.05, 0.1) is 12.2 Å². The lowest BCUT2D eigenvalue weighted by molar-refractivity contribution is -0.127. The van der Waals surface area contributed by atoms with E-state index in [2.05, 4.69) is 47.2 Å². The standard InChI is InChI=1S/C20H31N5O/c1-15(2)7-9-25-8-5-6-18(25)13-21-11-16-10-19(26)24(4)20(16)17-12-22-23(3)14-17/h5-6,8,12,14-16,20-21H,7,9-11,13H2,1-4H3/t16-,20+/m0/s1. The van der Waals surface area contributed by atoms with Crippen LogP contribution in [0.4, 0.5) is 0 Å². The average molecular weight is 358 g/mol. The van der Waals surface area contributed by atoms with Gasteiger partial charge < -0.3 is 14.8 Å². The number of aryl methyl sites for hydroxylation is 2. The Morgan fingerprint density at radius 1 is 1.35 bits per heavy atom. The van der Waals surface area contributed by atoms with Crippen molar-refractivity contribution in [3.05, 3.63) is 42.0 Å². The Hall–Kier alpha value is -2.08. The minimum atomic E-state index is 0.108. The average Bonchev–Trinajstić information content (AvgIpc) is 3.27. The number of amides is 1. The van der Waals surface area contributed by atoms with Gasteiger partial charge in [0, 0.05) is 69.7 Å². The molecule has 0 radical (unpaired) electrons. The van der Waals surface area contributed by atoms with Crippen molar-refractivity contribution >= 4 is 5.91 Å². The van der Waals surface area contributed by atoms with E-state index in [1.807, 2.05) is 31.4 Å². The van der Waals surface area contributed by atoms with E-state index in [1.165, 1.54) is 12.1 Å². The number of carbonyl (C=O) groups excluding carboxylic acids is 1. The molecule has 142 valence electrons. The van der Waals surface area contributed by atoms with Gasteiger partial charge in [-0.25, -0.2) is 0 Å². The van der Waals surface area contributed by atoms with Crippen LogP contribution < -0.4 is 5.32 Å². The van der Waals surface area contributed by atoms with Crippen LogP contribution >= 0.6 is 0 Å². The molecule has 0 spiro atoms. The number of hydrogen-bond acceptors (Lipinski definition) is 3. The maximum Gasteiger partial charge on any atom is 0.223 e. The molecule has 3 heterocycles. The SMILES string of the molecule is CC(C)CCn1cccc1CNC[C@@H]1CC(=O)N(C)[C@H]1c1cnn(C)c1. The molecule has 2 atom stereocenters. The van der Waals surface area contributed by atoms with Gasteiger partial charge in [-0.1, -0.05) is 13.8 Å². The van der Waals surface area contributed by atoms with E-state index in [9.17, 15) is 4.79 Å². The Morgan fingerprint density at radius 3 is 2.85 bits per heavy atom. The highest BCUT2D eigenvalue weighted by atomic mass is 16.2. The molecule has 0 aromatic carbocycles. The number of carbonyl (C=O) groups is 1. The van der Waals surface area contributed by atoms with Crippen LogP contribution in [0.5, 0.6) is 0 Å². The molecule has 3 rings (SSSR count). The summed E-state index contributed by atoms with van der Waals surface area (Å²) in [6.07, 6.45) is 7.84. The summed E-state index contributed by atoms with van der Waals surface area (Å²) in [5, 5.41) is 7.86. The summed E-state index contributed by atoms with van der Waals surface area (Å²) >= 11 is 0. The summed E-state index contributed by atoms with van der Waals surface area (Å²) in [6, 6.07) is 4.40. The van der Waals surface area contributed by atoms with Crippen molar-refractivity contribution in [2.45, 2.75) is 45.8 Å². The smallest absolute Gasteiger partial charge is 0.223 e. The highest BCUT2D eigenvalue weighted by Gasteiger charge is 2.38. The van der Waals surface area contributed by atoms with Crippen LogP contribution in [0.15, 0.2) is 30.7 Å². The van der Waals surface area contributed by atoms with Crippen LogP contribution in [-0.4, -0.2) is 38.7 Å². The highest BCUT2D eigenvalue weighted by molar-refractivity contribution is 5.79. The summed E-state index contributed by atoms with van der Waals surface area (Å²) in [5.41, 5.74) is 2.43. The summed E-state index contributed by atoms with van der Waals surface area (Å²) in [5.74, 6) is 1.19. The zero-order chi connectivity index (χ0) is 18.7. The molecule has 1 fully saturated rings. The van der Waals surface area contributed by atoms with Gasteiger partial charge in [-0.05, 0) is 24.5 Å². The van der Waals surface area contributed by atoms with Crippen LogP contribution in [0.2, 0.25) is 0 Å². The van der Waals surface area contributed by atoms with Crippen LogP contribution in [0, 0.1) is 11.8 Å². The van der Waals surface area contributed by atoms with E-state index >= 15 is 0 Å². The van der Waals surface area contributed by atoms with Crippen LogP contribution in [-0.2, 0) is 24.9 Å². The monoisotopic (exact) mass is 357 g/mol. The summed E-state index contributed by atoms with van der Waals surface area (Å²) in [7, 11) is 3.82. The molecule has 1 aliphatic rings. The minimum Gasteiger partial charge on any atom is -0.350 e. The summed E-state index contributed by atoms with van der Waals surface area (Å²) in [4.78, 5) is 14.1. The Bertz CT molecular complexity index is 732. The lowest BCUT2D eigenvalue weighted by atomic mass is 9.96. The second kappa shape index (κ2) is 8.08.